The number of fused-ring (bicyclic) bond motifs is 36. The quantitative estimate of drug-likeness (QED) is 0.140. The number of rotatable bonds is 9. The van der Waals surface area contributed by atoms with E-state index >= 15 is 0 Å². The Hall–Kier alpha value is -18.8. The molecule has 9 heterocycles. The average molecular weight is 1800 g/mol. The third-order valence-corrected chi connectivity index (χ3v) is 31.3. The number of anilines is 9. The Labute approximate surface area is 810 Å². The molecule has 3 spiro atoms. The summed E-state index contributed by atoms with van der Waals surface area (Å²) < 4.78 is 6.88. The van der Waals surface area contributed by atoms with Crippen LogP contribution in [0.2, 0.25) is 0 Å². The highest BCUT2D eigenvalue weighted by Crippen LogP contribution is 2.68. The second-order valence-corrected chi connectivity index (χ2v) is 37.9. The fourth-order valence-electron chi connectivity index (χ4n) is 25.9. The van der Waals surface area contributed by atoms with Crippen molar-refractivity contribution in [2.75, 3.05) is 14.7 Å². The summed E-state index contributed by atoms with van der Waals surface area (Å²) in [6, 6.07) is 161. The maximum Gasteiger partial charge on any atom is 0.159 e. The molecule has 0 radical (unpaired) electrons. The van der Waals surface area contributed by atoms with Gasteiger partial charge in [0.1, 0.15) is 0 Å². The molecular formula is C129H78N12. The molecule has 0 unspecified atom stereocenters. The van der Waals surface area contributed by atoms with Gasteiger partial charge in [-0.25, -0.2) is 29.9 Å². The van der Waals surface area contributed by atoms with Crippen molar-refractivity contribution in [1.82, 2.24) is 43.6 Å². The van der Waals surface area contributed by atoms with Crippen molar-refractivity contribution < 1.29 is 0 Å². The Morgan fingerprint density at radius 2 is 0.333 bits per heavy atom. The highest BCUT2D eigenvalue weighted by molar-refractivity contribution is 6.15. The number of para-hydroxylation sites is 9. The molecule has 0 atom stereocenters. The minimum atomic E-state index is -0.526. The van der Waals surface area contributed by atoms with E-state index in [1.807, 2.05) is 37.2 Å². The Morgan fingerprint density at radius 3 is 0.560 bits per heavy atom. The van der Waals surface area contributed by atoms with E-state index in [2.05, 4.69) is 465 Å². The van der Waals surface area contributed by atoms with E-state index in [9.17, 15) is 0 Å². The second kappa shape index (κ2) is 29.1. The first-order valence-electron chi connectivity index (χ1n) is 48.3. The SMILES string of the molecule is c1ccc2c(c1)-c1ccccc1C21c2ccccc2N(c2ccc3c(c2)c2ccccc2n3-c2cnc(-c3cc(-c4ncc(-n5c6ccccc6c6cc(N7c8ccccc8C8(c9ccccc9-c9ccccc98)c8ccccc87)ccc65)cn4)cc(-c4ncc(-n5c6ccccc6c6cc(N7c8ccccc8C8(c9ccccc9-c9ccccc98)c8ccccc87)ccc65)cn4)c3)nc2)c2ccccc21. The molecule has 0 N–H and O–H groups in total. The largest absolute Gasteiger partial charge is 0.310 e. The van der Waals surface area contributed by atoms with Crippen LogP contribution in [0.25, 0.3) is 150 Å². The number of nitrogens with zero attached hydrogens (tertiary/aromatic N) is 12. The van der Waals surface area contributed by atoms with Crippen LogP contribution >= 0.6 is 0 Å². The Kier molecular flexibility index (Phi) is 16.0. The normalized spacial score (nSPS) is 14.1. The topological polar surface area (TPSA) is 102 Å². The van der Waals surface area contributed by atoms with Gasteiger partial charge in [0, 0.05) is 66.1 Å². The molecule has 31 rings (SSSR count). The van der Waals surface area contributed by atoms with Crippen LogP contribution < -0.4 is 14.7 Å². The van der Waals surface area contributed by atoms with Crippen molar-refractivity contribution in [2.45, 2.75) is 16.2 Å². The Balaban J connectivity index is 0.522. The third-order valence-electron chi connectivity index (χ3n) is 31.3. The van der Waals surface area contributed by atoms with Gasteiger partial charge < -0.3 is 28.4 Å². The van der Waals surface area contributed by atoms with Gasteiger partial charge in [-0.3, -0.25) is 0 Å². The number of aromatic nitrogens is 9. The Morgan fingerprint density at radius 1 is 0.149 bits per heavy atom. The van der Waals surface area contributed by atoms with Crippen LogP contribution in [-0.4, -0.2) is 43.6 Å². The van der Waals surface area contributed by atoms with E-state index < -0.39 is 16.2 Å². The van der Waals surface area contributed by atoms with Gasteiger partial charge in [0.25, 0.3) is 0 Å². The summed E-state index contributed by atoms with van der Waals surface area (Å²) in [6.07, 6.45) is 11.7. The van der Waals surface area contributed by atoms with Gasteiger partial charge in [-0.2, -0.15) is 0 Å². The van der Waals surface area contributed by atoms with Crippen LogP contribution in [-0.2, 0) is 16.2 Å². The molecule has 12 nitrogen and oxygen atoms in total. The molecule has 0 bridgehead atoms. The van der Waals surface area contributed by atoms with Crippen molar-refractivity contribution in [3.63, 3.8) is 0 Å². The van der Waals surface area contributed by atoms with Crippen molar-refractivity contribution in [2.24, 2.45) is 0 Å². The van der Waals surface area contributed by atoms with Crippen LogP contribution in [0, 0.1) is 0 Å². The summed E-state index contributed by atoms with van der Waals surface area (Å²) in [6.45, 7) is 0. The zero-order valence-electron chi connectivity index (χ0n) is 75.9. The molecule has 6 aromatic heterocycles. The minimum absolute atomic E-state index is 0.510. The number of hydrogen-bond acceptors (Lipinski definition) is 9. The summed E-state index contributed by atoms with van der Waals surface area (Å²) in [4.78, 5) is 39.5. The predicted octanol–water partition coefficient (Wildman–Crippen LogP) is 30.8. The van der Waals surface area contributed by atoms with Crippen molar-refractivity contribution >= 4 is 117 Å². The number of benzene rings is 19. The van der Waals surface area contributed by atoms with Crippen molar-refractivity contribution in [1.29, 1.82) is 0 Å². The van der Waals surface area contributed by atoms with Crippen LogP contribution in [0.5, 0.6) is 0 Å². The molecule has 12 heteroatoms. The third kappa shape index (κ3) is 10.4. The lowest BCUT2D eigenvalue weighted by molar-refractivity contribution is 0.752. The lowest BCUT2D eigenvalue weighted by Gasteiger charge is -2.45. The van der Waals surface area contributed by atoms with Crippen LogP contribution in [0.1, 0.15) is 66.8 Å². The van der Waals surface area contributed by atoms with Crippen LogP contribution in [0.4, 0.5) is 51.2 Å². The fraction of sp³-hybridized carbons (Fsp3) is 0.0233. The molecule has 6 aliphatic rings. The molecule has 0 saturated heterocycles. The van der Waals surface area contributed by atoms with E-state index in [1.165, 1.54) is 100 Å². The lowest BCUT2D eigenvalue weighted by atomic mass is 9.64. The van der Waals surface area contributed by atoms with Gasteiger partial charge in [0.2, 0.25) is 0 Å². The average Bonchev–Trinajstić information content (AvgIpc) is 1.54. The maximum atomic E-state index is 5.36. The van der Waals surface area contributed by atoms with Crippen LogP contribution in [0.3, 0.4) is 0 Å². The first-order valence-corrected chi connectivity index (χ1v) is 48.3. The van der Waals surface area contributed by atoms with Crippen molar-refractivity contribution in [3.8, 4) is 84.6 Å². The highest BCUT2D eigenvalue weighted by Gasteiger charge is 2.55. The number of hydrogen-bond donors (Lipinski definition) is 0. The van der Waals surface area contributed by atoms with E-state index in [1.54, 1.807) is 0 Å². The molecule has 0 fully saturated rings. The second-order valence-electron chi connectivity index (χ2n) is 37.9. The lowest BCUT2D eigenvalue weighted by Crippen LogP contribution is -2.36. The Bertz CT molecular complexity index is 8530. The first kappa shape index (κ1) is 77.5. The van der Waals surface area contributed by atoms with Gasteiger partial charge in [-0.05, 0) is 228 Å². The van der Waals surface area contributed by atoms with E-state index in [4.69, 9.17) is 29.9 Å². The van der Waals surface area contributed by atoms with E-state index in [0.717, 1.165) is 150 Å². The van der Waals surface area contributed by atoms with Gasteiger partial charge in [-0.15, -0.1) is 0 Å². The first-order chi connectivity index (χ1) is 70.0. The van der Waals surface area contributed by atoms with Gasteiger partial charge in [-0.1, -0.05) is 309 Å². The summed E-state index contributed by atoms with van der Waals surface area (Å²) in [5.41, 5.74) is 42.3. The molecule has 25 aromatic rings. The van der Waals surface area contributed by atoms with Gasteiger partial charge >= 0.3 is 0 Å². The van der Waals surface area contributed by atoms with E-state index in [0.29, 0.717) is 17.5 Å². The standard InChI is InChI=1S/C129H78N12/c1-10-40-100-88(31-1)89-32-2-11-41-101(89)127(100)106-46-16-25-55-118(106)136(119-56-26-17-47-107(119)127)82-61-64-115-97(70-82)94-37-7-22-52-112(94)139(115)85-73-130-124(131-74-85)79-67-80(125-132-75-86(76-133-125)140-113-53-23-8-38-95(113)98-71-83(62-65-116(98)140)137-120-57-27-18-48-108(120)128(109-49-19-28-58-121(109)137)102-42-12-3-33-90(102)91-34-4-13-43-103(91)128)69-81(68-79)126-134-77-87(78-135-126)141-114-54-24-9-39-96(114)99-72-84(63-66-117(99)141)138-122-59-29-20-50-110(122)129(111-51-21-30-60-123(111)138)104-44-14-5-35-92(104)93-36-6-15-45-105(93)129/h1-78H. The molecule has 19 aromatic carbocycles. The molecule has 3 aliphatic carbocycles. The highest BCUT2D eigenvalue weighted by atomic mass is 15.2. The smallest absolute Gasteiger partial charge is 0.159 e. The molecule has 3 aliphatic heterocycles. The molecule has 654 valence electrons. The fourth-order valence-corrected chi connectivity index (χ4v) is 25.9. The summed E-state index contributed by atoms with van der Waals surface area (Å²) in [5, 5.41) is 6.67. The maximum absolute atomic E-state index is 5.36. The van der Waals surface area contributed by atoms with E-state index in [-0.39, 0.29) is 0 Å². The summed E-state index contributed by atoms with van der Waals surface area (Å²) in [5.74, 6) is 1.53. The molecule has 141 heavy (non-hydrogen) atoms. The monoisotopic (exact) mass is 1790 g/mol. The minimum Gasteiger partial charge on any atom is -0.310 e. The van der Waals surface area contributed by atoms with Gasteiger partial charge in [0.15, 0.2) is 17.5 Å². The van der Waals surface area contributed by atoms with Gasteiger partial charge in [0.05, 0.1) is 138 Å². The molecular weight excluding hydrogens is 1720 g/mol. The summed E-state index contributed by atoms with van der Waals surface area (Å²) in [7, 11) is 0. The molecule has 0 saturated carbocycles. The zero-order chi connectivity index (χ0) is 92.1. The molecule has 0 amide bonds. The summed E-state index contributed by atoms with van der Waals surface area (Å²) >= 11 is 0. The predicted molar refractivity (Wildman–Crippen MR) is 569 cm³/mol. The zero-order valence-corrected chi connectivity index (χ0v) is 75.9. The van der Waals surface area contributed by atoms with Crippen molar-refractivity contribution in [3.05, 3.63) is 541 Å². The van der Waals surface area contributed by atoms with Crippen LogP contribution in [0.15, 0.2) is 474 Å².